The molecule has 84 valence electrons. The Morgan fingerprint density at radius 1 is 1.47 bits per heavy atom. The number of rotatable bonds is 3. The van der Waals surface area contributed by atoms with Crippen LogP contribution in [0.1, 0.15) is 12.5 Å². The van der Waals surface area contributed by atoms with Crippen molar-refractivity contribution in [3.05, 3.63) is 28.8 Å². The van der Waals surface area contributed by atoms with Crippen LogP contribution in [0.4, 0.5) is 0 Å². The van der Waals surface area contributed by atoms with Crippen molar-refractivity contribution in [2.45, 2.75) is 24.3 Å². The summed E-state index contributed by atoms with van der Waals surface area (Å²) in [5, 5.41) is 9.72. The first-order chi connectivity index (χ1) is 6.80. The summed E-state index contributed by atoms with van der Waals surface area (Å²) in [4.78, 5) is 0.229. The highest BCUT2D eigenvalue weighted by molar-refractivity contribution is 7.90. The van der Waals surface area contributed by atoms with Gasteiger partial charge in [-0.05, 0) is 37.1 Å². The third kappa shape index (κ3) is 3.48. The van der Waals surface area contributed by atoms with E-state index in [9.17, 15) is 13.5 Å². The summed E-state index contributed by atoms with van der Waals surface area (Å²) in [5.74, 6) is 0. The van der Waals surface area contributed by atoms with E-state index >= 15 is 0 Å². The third-order valence-corrected chi connectivity index (χ3v) is 3.37. The maximum absolute atomic E-state index is 11.4. The first-order valence-electron chi connectivity index (χ1n) is 4.47. The fourth-order valence-corrected chi connectivity index (χ4v) is 2.52. The number of halogens is 1. The predicted octanol–water partition coefficient (Wildman–Crippen LogP) is 1.67. The summed E-state index contributed by atoms with van der Waals surface area (Å²) in [6.45, 7) is 1.60. The Balaban J connectivity index is 3.27. The van der Waals surface area contributed by atoms with Gasteiger partial charge in [-0.2, -0.15) is 0 Å². The Morgan fingerprint density at radius 2 is 2.07 bits per heavy atom. The van der Waals surface area contributed by atoms with E-state index in [0.717, 1.165) is 6.26 Å². The second-order valence-electron chi connectivity index (χ2n) is 3.58. The molecule has 0 saturated carbocycles. The normalized spacial score (nSPS) is 13.9. The Hall–Kier alpha value is -0.580. The molecule has 0 heterocycles. The minimum absolute atomic E-state index is 0.229. The van der Waals surface area contributed by atoms with Crippen LogP contribution < -0.4 is 0 Å². The van der Waals surface area contributed by atoms with E-state index in [1.165, 1.54) is 12.1 Å². The molecule has 1 N–H and O–H groups in total. The van der Waals surface area contributed by atoms with E-state index in [1.54, 1.807) is 13.0 Å². The third-order valence-electron chi connectivity index (χ3n) is 1.94. The summed E-state index contributed by atoms with van der Waals surface area (Å²) in [7, 11) is -3.27. The van der Waals surface area contributed by atoms with Crippen LogP contribution in [0.2, 0.25) is 5.02 Å². The van der Waals surface area contributed by atoms with Gasteiger partial charge >= 0.3 is 0 Å². The van der Waals surface area contributed by atoms with Crippen molar-refractivity contribution in [3.63, 3.8) is 0 Å². The second-order valence-corrected chi connectivity index (χ2v) is 6.00. The average Bonchev–Trinajstić information content (AvgIpc) is 1.99. The molecule has 1 aromatic rings. The van der Waals surface area contributed by atoms with E-state index < -0.39 is 15.9 Å². The lowest BCUT2D eigenvalue weighted by Gasteiger charge is -2.10. The van der Waals surface area contributed by atoms with Gasteiger partial charge in [-0.1, -0.05) is 11.6 Å². The van der Waals surface area contributed by atoms with E-state index in [1.807, 2.05) is 0 Å². The van der Waals surface area contributed by atoms with Crippen molar-refractivity contribution >= 4 is 21.4 Å². The molecule has 1 rings (SSSR count). The molecule has 1 aromatic carbocycles. The number of hydrogen-bond acceptors (Lipinski definition) is 3. The molecular weight excluding hydrogens is 236 g/mol. The molecule has 0 bridgehead atoms. The molecule has 15 heavy (non-hydrogen) atoms. The molecule has 1 atom stereocenters. The van der Waals surface area contributed by atoms with Crippen LogP contribution in [-0.4, -0.2) is 25.9 Å². The molecule has 0 fully saturated rings. The van der Waals surface area contributed by atoms with Crippen molar-refractivity contribution in [2.75, 3.05) is 6.26 Å². The van der Waals surface area contributed by atoms with Crippen LogP contribution in [-0.2, 0) is 16.3 Å². The van der Waals surface area contributed by atoms with E-state index in [0.29, 0.717) is 10.6 Å². The molecule has 1 unspecified atom stereocenters. The second kappa shape index (κ2) is 4.51. The van der Waals surface area contributed by atoms with E-state index in [-0.39, 0.29) is 11.3 Å². The summed E-state index contributed by atoms with van der Waals surface area (Å²) in [6.07, 6.45) is 0.828. The van der Waals surface area contributed by atoms with Gasteiger partial charge in [0.25, 0.3) is 0 Å². The SMILES string of the molecule is CC(O)Cc1cc(Cl)ccc1S(C)(=O)=O. The van der Waals surface area contributed by atoms with E-state index in [4.69, 9.17) is 11.6 Å². The van der Waals surface area contributed by atoms with Gasteiger partial charge in [0.05, 0.1) is 11.0 Å². The Bertz CT molecular complexity index is 452. The van der Waals surface area contributed by atoms with Crippen molar-refractivity contribution in [2.24, 2.45) is 0 Å². The summed E-state index contributed by atoms with van der Waals surface area (Å²) < 4.78 is 22.8. The van der Waals surface area contributed by atoms with Gasteiger partial charge in [0.2, 0.25) is 0 Å². The highest BCUT2D eigenvalue weighted by atomic mass is 35.5. The maximum Gasteiger partial charge on any atom is 0.175 e. The minimum Gasteiger partial charge on any atom is -0.393 e. The standard InChI is InChI=1S/C10H13ClO3S/c1-7(12)5-8-6-9(11)3-4-10(8)15(2,13)14/h3-4,6-7,12H,5H2,1-2H3. The summed E-state index contributed by atoms with van der Waals surface area (Å²) in [6, 6.07) is 4.57. The molecule has 0 aliphatic rings. The molecule has 0 aromatic heterocycles. The minimum atomic E-state index is -3.27. The lowest BCUT2D eigenvalue weighted by atomic mass is 10.1. The quantitative estimate of drug-likeness (QED) is 0.885. The average molecular weight is 249 g/mol. The van der Waals surface area contributed by atoms with Crippen LogP contribution in [0.15, 0.2) is 23.1 Å². The zero-order valence-electron chi connectivity index (χ0n) is 8.57. The molecule has 3 nitrogen and oxygen atoms in total. The Kier molecular flexibility index (Phi) is 3.76. The largest absolute Gasteiger partial charge is 0.393 e. The fourth-order valence-electron chi connectivity index (χ4n) is 1.39. The molecule has 0 aliphatic heterocycles. The van der Waals surface area contributed by atoms with Gasteiger partial charge < -0.3 is 5.11 Å². The fraction of sp³-hybridized carbons (Fsp3) is 0.400. The lowest BCUT2D eigenvalue weighted by Crippen LogP contribution is -2.09. The van der Waals surface area contributed by atoms with Crippen LogP contribution in [0.25, 0.3) is 0 Å². The first-order valence-corrected chi connectivity index (χ1v) is 6.74. The van der Waals surface area contributed by atoms with Crippen molar-refractivity contribution in [1.82, 2.24) is 0 Å². The number of hydrogen-bond donors (Lipinski definition) is 1. The van der Waals surface area contributed by atoms with Gasteiger partial charge in [0.15, 0.2) is 9.84 Å². The Morgan fingerprint density at radius 3 is 2.53 bits per heavy atom. The van der Waals surface area contributed by atoms with E-state index in [2.05, 4.69) is 0 Å². The van der Waals surface area contributed by atoms with Gasteiger partial charge in [-0.15, -0.1) is 0 Å². The highest BCUT2D eigenvalue weighted by Gasteiger charge is 2.14. The number of aliphatic hydroxyl groups is 1. The molecule has 0 amide bonds. The molecule has 0 saturated heterocycles. The van der Waals surface area contributed by atoms with Crippen LogP contribution >= 0.6 is 11.6 Å². The number of sulfone groups is 1. The maximum atomic E-state index is 11.4. The van der Waals surface area contributed by atoms with Crippen molar-refractivity contribution in [3.8, 4) is 0 Å². The highest BCUT2D eigenvalue weighted by Crippen LogP contribution is 2.21. The van der Waals surface area contributed by atoms with Crippen LogP contribution in [0, 0.1) is 0 Å². The van der Waals surface area contributed by atoms with Gasteiger partial charge in [-0.25, -0.2) is 8.42 Å². The number of benzene rings is 1. The molecule has 5 heteroatoms. The van der Waals surface area contributed by atoms with Crippen LogP contribution in [0.3, 0.4) is 0 Å². The Labute approximate surface area is 94.6 Å². The topological polar surface area (TPSA) is 54.4 Å². The summed E-state index contributed by atoms with van der Waals surface area (Å²) >= 11 is 5.77. The number of aliphatic hydroxyl groups excluding tert-OH is 1. The smallest absolute Gasteiger partial charge is 0.175 e. The van der Waals surface area contributed by atoms with Gasteiger partial charge in [0, 0.05) is 11.3 Å². The zero-order chi connectivity index (χ0) is 11.6. The molecule has 0 aliphatic carbocycles. The van der Waals surface area contributed by atoms with Gasteiger partial charge in [-0.3, -0.25) is 0 Å². The lowest BCUT2D eigenvalue weighted by molar-refractivity contribution is 0.194. The molecule has 0 spiro atoms. The molecular formula is C10H13ClO3S. The first kappa shape index (κ1) is 12.5. The van der Waals surface area contributed by atoms with Crippen molar-refractivity contribution < 1.29 is 13.5 Å². The zero-order valence-corrected chi connectivity index (χ0v) is 10.1. The monoisotopic (exact) mass is 248 g/mol. The molecule has 0 radical (unpaired) electrons. The summed E-state index contributed by atoms with van der Waals surface area (Å²) in [5.41, 5.74) is 0.556. The van der Waals surface area contributed by atoms with Crippen molar-refractivity contribution in [1.29, 1.82) is 0 Å². The van der Waals surface area contributed by atoms with Crippen LogP contribution in [0.5, 0.6) is 0 Å². The predicted molar refractivity (Wildman–Crippen MR) is 59.9 cm³/mol. The van der Waals surface area contributed by atoms with Gasteiger partial charge in [0.1, 0.15) is 0 Å².